The number of nitrogens with zero attached hydrogens (tertiary/aromatic N) is 1. The number of anilines is 2. The number of ether oxygens (including phenoxy) is 3. The van der Waals surface area contributed by atoms with Crippen molar-refractivity contribution in [3.05, 3.63) is 107 Å². The van der Waals surface area contributed by atoms with Gasteiger partial charge in [0.15, 0.2) is 0 Å². The minimum Gasteiger partial charge on any atom is -0.497 e. The molecular weight excluding hydrogens is 570 g/mol. The molecule has 2 heterocycles. The van der Waals surface area contributed by atoms with Crippen molar-refractivity contribution in [1.29, 1.82) is 0 Å². The molecule has 220 valence electrons. The van der Waals surface area contributed by atoms with E-state index in [2.05, 4.69) is 10.6 Å². The summed E-state index contributed by atoms with van der Waals surface area (Å²) in [6.07, 6.45) is 1.49. The fourth-order valence-corrected chi connectivity index (χ4v) is 5.37. The summed E-state index contributed by atoms with van der Waals surface area (Å²) >= 11 is 1.15. The van der Waals surface area contributed by atoms with Crippen molar-refractivity contribution in [3.8, 4) is 17.2 Å². The first kappa shape index (κ1) is 29.3. The van der Waals surface area contributed by atoms with Crippen LogP contribution in [-0.2, 0) is 16.1 Å². The molecule has 0 saturated heterocycles. The van der Waals surface area contributed by atoms with E-state index in [9.17, 15) is 14.4 Å². The molecule has 0 aliphatic carbocycles. The third kappa shape index (κ3) is 6.36. The molecular formula is C32H29N3O7S. The van der Waals surface area contributed by atoms with Gasteiger partial charge in [-0.15, -0.1) is 0 Å². The lowest BCUT2D eigenvalue weighted by Crippen LogP contribution is -2.31. The van der Waals surface area contributed by atoms with Crippen LogP contribution in [0.1, 0.15) is 21.7 Å². The number of carbonyl (C=O) groups excluding carboxylic acids is 3. The molecule has 0 saturated carbocycles. The van der Waals surface area contributed by atoms with Gasteiger partial charge < -0.3 is 29.3 Å². The van der Waals surface area contributed by atoms with Gasteiger partial charge in [-0.2, -0.15) is 0 Å². The Kier molecular flexibility index (Phi) is 8.72. The summed E-state index contributed by atoms with van der Waals surface area (Å²) in [5.41, 5.74) is 2.53. The van der Waals surface area contributed by atoms with Crippen molar-refractivity contribution in [2.75, 3.05) is 32.0 Å². The second kappa shape index (κ2) is 12.8. The molecule has 0 unspecified atom stereocenters. The van der Waals surface area contributed by atoms with Gasteiger partial charge in [-0.05, 0) is 73.2 Å². The summed E-state index contributed by atoms with van der Waals surface area (Å²) < 4.78 is 21.4. The lowest BCUT2D eigenvalue weighted by atomic mass is 10.1. The van der Waals surface area contributed by atoms with Gasteiger partial charge in [-0.1, -0.05) is 17.8 Å². The topological polar surface area (TPSA) is 119 Å². The van der Waals surface area contributed by atoms with Crippen LogP contribution in [0.25, 0.3) is 0 Å². The smallest absolute Gasteiger partial charge is 0.278 e. The number of furan rings is 1. The van der Waals surface area contributed by atoms with Gasteiger partial charge >= 0.3 is 0 Å². The average Bonchev–Trinajstić information content (AvgIpc) is 3.61. The van der Waals surface area contributed by atoms with Crippen molar-refractivity contribution < 1.29 is 33.0 Å². The second-order valence-electron chi connectivity index (χ2n) is 9.46. The fourth-order valence-electron chi connectivity index (χ4n) is 4.42. The molecule has 0 bridgehead atoms. The number of imide groups is 1. The molecule has 3 amide bonds. The van der Waals surface area contributed by atoms with E-state index in [1.54, 1.807) is 60.7 Å². The molecule has 0 radical (unpaired) electrons. The Morgan fingerprint density at radius 2 is 1.65 bits per heavy atom. The SMILES string of the molecule is COc1ccc(C(=O)Nc2ccc(SC3=C(Nc4cc(C)ccc4OC)C(=O)N(Cc4ccco4)C3=O)cc2)c(OC)c1. The molecule has 2 N–H and O–H groups in total. The quantitative estimate of drug-likeness (QED) is 0.205. The Morgan fingerprint density at radius 1 is 0.884 bits per heavy atom. The standard InChI is InChI=1S/C32H29N3O7S/c1-19-7-14-26(40-3)25(16-19)34-28-29(32(38)35(31(28)37)18-22-6-5-15-42-22)43-23-11-8-20(9-12-23)33-30(36)24-13-10-21(39-2)17-27(24)41-4/h5-17,34H,18H2,1-4H3,(H,33,36). The average molecular weight is 600 g/mol. The van der Waals surface area contributed by atoms with E-state index in [0.29, 0.717) is 44.8 Å². The Balaban J connectivity index is 1.39. The Hall–Kier alpha value is -5.16. The number of aryl methyl sites for hydroxylation is 1. The number of hydrogen-bond donors (Lipinski definition) is 2. The molecule has 11 heteroatoms. The van der Waals surface area contributed by atoms with Crippen LogP contribution < -0.4 is 24.8 Å². The molecule has 1 aliphatic heterocycles. The van der Waals surface area contributed by atoms with Crippen LogP contribution in [-0.4, -0.2) is 44.0 Å². The van der Waals surface area contributed by atoms with Gasteiger partial charge in [-0.3, -0.25) is 19.3 Å². The summed E-state index contributed by atoms with van der Waals surface area (Å²) in [6, 6.07) is 20.8. The molecule has 43 heavy (non-hydrogen) atoms. The number of benzene rings is 3. The molecule has 0 atom stereocenters. The zero-order valence-corrected chi connectivity index (χ0v) is 24.7. The minimum atomic E-state index is -0.482. The van der Waals surface area contributed by atoms with Gasteiger partial charge in [0, 0.05) is 16.6 Å². The first-order valence-corrected chi connectivity index (χ1v) is 14.0. The number of thioether (sulfide) groups is 1. The third-order valence-corrected chi connectivity index (χ3v) is 7.71. The minimum absolute atomic E-state index is 0.00927. The summed E-state index contributed by atoms with van der Waals surface area (Å²) in [6.45, 7) is 1.91. The number of carbonyl (C=O) groups is 3. The van der Waals surface area contributed by atoms with Gasteiger partial charge in [-0.25, -0.2) is 0 Å². The maximum Gasteiger partial charge on any atom is 0.278 e. The van der Waals surface area contributed by atoms with Crippen LogP contribution in [0.15, 0.2) is 99.0 Å². The maximum absolute atomic E-state index is 13.6. The molecule has 0 fully saturated rings. The van der Waals surface area contributed by atoms with E-state index in [-0.39, 0.29) is 23.1 Å². The number of rotatable bonds is 11. The van der Waals surface area contributed by atoms with Crippen molar-refractivity contribution >= 4 is 40.9 Å². The Morgan fingerprint density at radius 3 is 2.33 bits per heavy atom. The Labute approximate surface area is 252 Å². The highest BCUT2D eigenvalue weighted by Gasteiger charge is 2.40. The highest BCUT2D eigenvalue weighted by molar-refractivity contribution is 8.04. The highest BCUT2D eigenvalue weighted by atomic mass is 32.2. The van der Waals surface area contributed by atoms with Crippen LogP contribution >= 0.6 is 11.8 Å². The fraction of sp³-hybridized carbons (Fsp3) is 0.156. The zero-order valence-electron chi connectivity index (χ0n) is 23.9. The van der Waals surface area contributed by atoms with Gasteiger partial charge in [0.25, 0.3) is 17.7 Å². The first-order valence-electron chi connectivity index (χ1n) is 13.2. The normalized spacial score (nSPS) is 12.9. The predicted molar refractivity (Wildman–Crippen MR) is 162 cm³/mol. The van der Waals surface area contributed by atoms with E-state index in [1.165, 1.54) is 27.6 Å². The molecule has 1 aromatic heterocycles. The number of nitrogens with one attached hydrogen (secondary N) is 2. The maximum atomic E-state index is 13.6. The van der Waals surface area contributed by atoms with Crippen molar-refractivity contribution in [2.24, 2.45) is 0 Å². The monoisotopic (exact) mass is 599 g/mol. The lowest BCUT2D eigenvalue weighted by Gasteiger charge is -2.15. The largest absolute Gasteiger partial charge is 0.497 e. The van der Waals surface area contributed by atoms with E-state index in [0.717, 1.165) is 22.2 Å². The zero-order chi connectivity index (χ0) is 30.5. The van der Waals surface area contributed by atoms with E-state index in [1.807, 2.05) is 19.1 Å². The van der Waals surface area contributed by atoms with Crippen LogP contribution in [0.2, 0.25) is 0 Å². The van der Waals surface area contributed by atoms with E-state index in [4.69, 9.17) is 18.6 Å². The second-order valence-corrected chi connectivity index (χ2v) is 10.5. The van der Waals surface area contributed by atoms with Gasteiger partial charge in [0.05, 0.1) is 45.4 Å². The summed E-state index contributed by atoms with van der Waals surface area (Å²) in [5.74, 6) is 0.668. The summed E-state index contributed by atoms with van der Waals surface area (Å²) in [7, 11) is 4.55. The highest BCUT2D eigenvalue weighted by Crippen LogP contribution is 2.38. The molecule has 10 nitrogen and oxygen atoms in total. The molecule has 0 spiro atoms. The van der Waals surface area contributed by atoms with E-state index >= 15 is 0 Å². The molecule has 3 aromatic carbocycles. The van der Waals surface area contributed by atoms with Crippen molar-refractivity contribution in [3.63, 3.8) is 0 Å². The Bertz CT molecular complexity index is 1700. The van der Waals surface area contributed by atoms with Crippen molar-refractivity contribution in [1.82, 2.24) is 4.90 Å². The van der Waals surface area contributed by atoms with Gasteiger partial charge in [0.2, 0.25) is 0 Å². The molecule has 5 rings (SSSR count). The first-order chi connectivity index (χ1) is 20.8. The van der Waals surface area contributed by atoms with Crippen LogP contribution in [0.3, 0.4) is 0 Å². The number of amides is 3. The number of methoxy groups -OCH3 is 3. The predicted octanol–water partition coefficient (Wildman–Crippen LogP) is 5.85. The van der Waals surface area contributed by atoms with E-state index < -0.39 is 11.8 Å². The molecule has 4 aromatic rings. The summed E-state index contributed by atoms with van der Waals surface area (Å²) in [4.78, 5) is 42.1. The lowest BCUT2D eigenvalue weighted by molar-refractivity contribution is -0.138. The van der Waals surface area contributed by atoms with Crippen LogP contribution in [0.5, 0.6) is 17.2 Å². The number of hydrogen-bond acceptors (Lipinski definition) is 9. The van der Waals surface area contributed by atoms with Crippen LogP contribution in [0, 0.1) is 6.92 Å². The van der Waals surface area contributed by atoms with Crippen molar-refractivity contribution in [2.45, 2.75) is 18.4 Å². The summed E-state index contributed by atoms with van der Waals surface area (Å²) in [5, 5.41) is 6.00. The van der Waals surface area contributed by atoms with Crippen LogP contribution in [0.4, 0.5) is 11.4 Å². The molecule has 1 aliphatic rings. The third-order valence-electron chi connectivity index (χ3n) is 6.62. The van der Waals surface area contributed by atoms with Gasteiger partial charge in [0.1, 0.15) is 33.6 Å².